The van der Waals surface area contributed by atoms with Gasteiger partial charge in [0.1, 0.15) is 0 Å². The lowest BCUT2D eigenvalue weighted by Crippen LogP contribution is -2.17. The minimum atomic E-state index is -4.19. The van der Waals surface area contributed by atoms with E-state index in [0.29, 0.717) is 6.08 Å². The Morgan fingerprint density at radius 3 is 2.23 bits per heavy atom. The monoisotopic (exact) mass is 204 g/mol. The van der Waals surface area contributed by atoms with Crippen LogP contribution in [0.4, 0.5) is 0 Å². The molecule has 0 fully saturated rings. The molecule has 1 aliphatic heterocycles. The van der Waals surface area contributed by atoms with Gasteiger partial charge in [0, 0.05) is 0 Å². The van der Waals surface area contributed by atoms with Crippen LogP contribution in [0.25, 0.3) is 0 Å². The van der Waals surface area contributed by atoms with E-state index in [1.807, 2.05) is 0 Å². The molecule has 70 valence electrons. The highest BCUT2D eigenvalue weighted by Gasteiger charge is 2.31. The Balaban J connectivity index is 3.28. The molecule has 3 N–H and O–H groups in total. The van der Waals surface area contributed by atoms with Crippen LogP contribution in [0.1, 0.15) is 0 Å². The molecule has 0 saturated carbocycles. The second-order valence-electron chi connectivity index (χ2n) is 2.13. The molecule has 1 heterocycles. The van der Waals surface area contributed by atoms with E-state index >= 15 is 0 Å². The molecular formula is C5H4N2O5S. The van der Waals surface area contributed by atoms with Gasteiger partial charge in [-0.2, -0.15) is 12.8 Å². The van der Waals surface area contributed by atoms with Crippen LogP contribution in [0, 0.1) is 0 Å². The van der Waals surface area contributed by atoms with Crippen molar-refractivity contribution in [2.45, 2.75) is 0 Å². The van der Waals surface area contributed by atoms with Crippen LogP contribution in [-0.4, -0.2) is 31.1 Å². The zero-order chi connectivity index (χ0) is 10.2. The van der Waals surface area contributed by atoms with Crippen molar-refractivity contribution in [3.8, 4) is 0 Å². The van der Waals surface area contributed by atoms with E-state index in [1.165, 1.54) is 0 Å². The standard InChI is InChI=1S/C5H4N2O5S/c6-4(8)3-1-2(5(9)10)7-13(3,11)12/h1H,(H2,6,8)(H,9,10). The zero-order valence-electron chi connectivity index (χ0n) is 6.09. The summed E-state index contributed by atoms with van der Waals surface area (Å²) in [7, 11) is -4.19. The van der Waals surface area contributed by atoms with Gasteiger partial charge >= 0.3 is 5.97 Å². The molecule has 0 bridgehead atoms. The maximum Gasteiger partial charge on any atom is 0.355 e. The Hall–Kier alpha value is -1.70. The van der Waals surface area contributed by atoms with E-state index in [2.05, 4.69) is 10.1 Å². The summed E-state index contributed by atoms with van der Waals surface area (Å²) in [6.45, 7) is 0. The molecule has 0 saturated heterocycles. The SMILES string of the molecule is NC(=O)C1=CC(C(=O)O)=NS1(=O)=O. The number of carboxylic acids is 1. The van der Waals surface area contributed by atoms with E-state index in [0.717, 1.165) is 0 Å². The topological polar surface area (TPSA) is 127 Å². The van der Waals surface area contributed by atoms with Crippen molar-refractivity contribution in [1.29, 1.82) is 0 Å². The number of carboxylic acid groups (broad SMARTS) is 1. The van der Waals surface area contributed by atoms with Crippen molar-refractivity contribution in [3.63, 3.8) is 0 Å². The van der Waals surface area contributed by atoms with Gasteiger partial charge in [-0.15, -0.1) is 0 Å². The molecule has 0 aromatic carbocycles. The molecule has 0 atom stereocenters. The first-order valence-corrected chi connectivity index (χ1v) is 4.38. The number of hydrogen-bond acceptors (Lipinski definition) is 4. The summed E-state index contributed by atoms with van der Waals surface area (Å²) < 4.78 is 24.6. The molecule has 1 aliphatic rings. The molecule has 1 rings (SSSR count). The minimum Gasteiger partial charge on any atom is -0.476 e. The van der Waals surface area contributed by atoms with Crippen molar-refractivity contribution < 1.29 is 23.1 Å². The Morgan fingerprint density at radius 1 is 1.46 bits per heavy atom. The number of primary amides is 1. The fourth-order valence-electron chi connectivity index (χ4n) is 0.703. The van der Waals surface area contributed by atoms with Crippen molar-refractivity contribution in [1.82, 2.24) is 0 Å². The third-order valence-corrected chi connectivity index (χ3v) is 2.54. The van der Waals surface area contributed by atoms with E-state index in [-0.39, 0.29) is 0 Å². The summed E-state index contributed by atoms with van der Waals surface area (Å²) in [6, 6.07) is 0. The van der Waals surface area contributed by atoms with Gasteiger partial charge in [-0.3, -0.25) is 4.79 Å². The summed E-state index contributed by atoms with van der Waals surface area (Å²) >= 11 is 0. The minimum absolute atomic E-state index is 0.625. The van der Waals surface area contributed by atoms with Gasteiger partial charge in [-0.05, 0) is 6.08 Å². The number of nitrogens with zero attached hydrogens (tertiary/aromatic N) is 1. The number of sulfonamides is 1. The lowest BCUT2D eigenvalue weighted by molar-refractivity contribution is -0.129. The molecule has 0 aromatic heterocycles. The molecule has 0 unspecified atom stereocenters. The van der Waals surface area contributed by atoms with Gasteiger partial charge in [0.2, 0.25) is 0 Å². The van der Waals surface area contributed by atoms with Crippen LogP contribution in [0.15, 0.2) is 15.4 Å². The van der Waals surface area contributed by atoms with E-state index in [9.17, 15) is 18.0 Å². The predicted molar refractivity (Wildman–Crippen MR) is 41.3 cm³/mol. The van der Waals surface area contributed by atoms with Crippen LogP contribution in [-0.2, 0) is 19.6 Å². The summed E-state index contributed by atoms with van der Waals surface area (Å²) in [5, 5.41) is 8.35. The number of nitrogens with two attached hydrogens (primary N) is 1. The Bertz CT molecular complexity index is 444. The summed E-state index contributed by atoms with van der Waals surface area (Å²) in [5.41, 5.74) is 3.97. The lowest BCUT2D eigenvalue weighted by Gasteiger charge is -1.90. The van der Waals surface area contributed by atoms with Crippen molar-refractivity contribution in [2.75, 3.05) is 0 Å². The molecule has 0 spiro atoms. The summed E-state index contributed by atoms with van der Waals surface area (Å²) in [5.74, 6) is -2.75. The van der Waals surface area contributed by atoms with Crippen LogP contribution in [0.5, 0.6) is 0 Å². The molecule has 7 nitrogen and oxygen atoms in total. The molecule has 0 aromatic rings. The zero-order valence-corrected chi connectivity index (χ0v) is 6.91. The predicted octanol–water partition coefficient (Wildman–Crippen LogP) is -1.78. The van der Waals surface area contributed by atoms with Gasteiger partial charge in [0.25, 0.3) is 15.9 Å². The van der Waals surface area contributed by atoms with Gasteiger partial charge in [-0.1, -0.05) is 0 Å². The first-order valence-electron chi connectivity index (χ1n) is 2.94. The highest BCUT2D eigenvalue weighted by Crippen LogP contribution is 2.16. The number of rotatable bonds is 2. The third kappa shape index (κ3) is 1.56. The normalized spacial score (nSPS) is 19.1. The second-order valence-corrected chi connectivity index (χ2v) is 3.70. The van der Waals surface area contributed by atoms with Crippen LogP contribution >= 0.6 is 0 Å². The molecule has 0 radical (unpaired) electrons. The van der Waals surface area contributed by atoms with Crippen molar-refractivity contribution in [3.05, 3.63) is 11.0 Å². The number of aliphatic carboxylic acids is 1. The van der Waals surface area contributed by atoms with Crippen molar-refractivity contribution >= 4 is 27.6 Å². The fourth-order valence-corrected chi connectivity index (χ4v) is 1.71. The second kappa shape index (κ2) is 2.66. The van der Waals surface area contributed by atoms with Crippen LogP contribution in [0.3, 0.4) is 0 Å². The summed E-state index contributed by atoms with van der Waals surface area (Å²) in [4.78, 5) is 20.0. The van der Waals surface area contributed by atoms with Gasteiger partial charge in [-0.25, -0.2) is 4.79 Å². The highest BCUT2D eigenvalue weighted by atomic mass is 32.2. The quantitative estimate of drug-likeness (QED) is 0.549. The molecule has 13 heavy (non-hydrogen) atoms. The summed E-state index contributed by atoms with van der Waals surface area (Å²) in [6.07, 6.45) is 0.625. The maximum atomic E-state index is 10.9. The number of carbonyl (C=O) groups is 2. The number of amides is 1. The number of carbonyl (C=O) groups excluding carboxylic acids is 1. The fraction of sp³-hybridized carbons (Fsp3) is 0. The largest absolute Gasteiger partial charge is 0.476 e. The van der Waals surface area contributed by atoms with Crippen molar-refractivity contribution in [2.24, 2.45) is 10.1 Å². The van der Waals surface area contributed by atoms with Gasteiger partial charge in [0.05, 0.1) is 0 Å². The Kier molecular flexibility index (Phi) is 1.92. The van der Waals surface area contributed by atoms with Crippen LogP contribution < -0.4 is 5.73 Å². The molecule has 8 heteroatoms. The third-order valence-electron chi connectivity index (χ3n) is 1.23. The average Bonchev–Trinajstić information content (AvgIpc) is 2.25. The van der Waals surface area contributed by atoms with E-state index in [4.69, 9.17) is 5.11 Å². The number of hydrogen-bond donors (Lipinski definition) is 2. The smallest absolute Gasteiger partial charge is 0.355 e. The highest BCUT2D eigenvalue weighted by molar-refractivity contribution is 7.95. The lowest BCUT2D eigenvalue weighted by atomic mass is 10.3. The van der Waals surface area contributed by atoms with Crippen LogP contribution in [0.2, 0.25) is 0 Å². The molecule has 0 aliphatic carbocycles. The molecular weight excluding hydrogens is 200 g/mol. The first-order chi connectivity index (χ1) is 5.84. The van der Waals surface area contributed by atoms with Gasteiger partial charge in [0.15, 0.2) is 10.6 Å². The average molecular weight is 204 g/mol. The Labute approximate surface area is 72.6 Å². The van der Waals surface area contributed by atoms with Gasteiger partial charge < -0.3 is 10.8 Å². The van der Waals surface area contributed by atoms with E-state index < -0.39 is 32.5 Å². The first kappa shape index (κ1) is 9.39. The maximum absolute atomic E-state index is 10.9. The van der Waals surface area contributed by atoms with E-state index in [1.54, 1.807) is 0 Å². The molecule has 1 amide bonds. The Morgan fingerprint density at radius 2 is 2.00 bits per heavy atom.